The lowest BCUT2D eigenvalue weighted by molar-refractivity contribution is -0.116. The number of ether oxygens (including phenoxy) is 2. The van der Waals surface area contributed by atoms with E-state index in [2.05, 4.69) is 5.32 Å². The van der Waals surface area contributed by atoms with Crippen molar-refractivity contribution >= 4 is 28.7 Å². The van der Waals surface area contributed by atoms with Crippen LogP contribution in [0, 0.1) is 0 Å². The summed E-state index contributed by atoms with van der Waals surface area (Å²) < 4.78 is 16.6. The first-order chi connectivity index (χ1) is 12.5. The van der Waals surface area contributed by atoms with E-state index >= 15 is 0 Å². The van der Waals surface area contributed by atoms with Crippen LogP contribution in [-0.2, 0) is 11.3 Å². The summed E-state index contributed by atoms with van der Waals surface area (Å²) in [5, 5.41) is 11.6. The van der Waals surface area contributed by atoms with Gasteiger partial charge in [0, 0.05) is 11.8 Å². The lowest BCUT2D eigenvalue weighted by atomic mass is 10.2. The molecule has 2 heterocycles. The number of carboxylic acids is 1. The molecule has 0 bridgehead atoms. The van der Waals surface area contributed by atoms with Crippen LogP contribution in [0.3, 0.4) is 0 Å². The van der Waals surface area contributed by atoms with Crippen LogP contribution in [0.25, 0.3) is 11.1 Å². The van der Waals surface area contributed by atoms with E-state index in [9.17, 15) is 14.4 Å². The number of carbonyl (C=O) groups excluding carboxylic acids is 1. The molecule has 0 spiro atoms. The average molecular weight is 356 g/mol. The number of anilines is 1. The molecule has 3 aromatic rings. The Morgan fingerprint density at radius 2 is 1.92 bits per heavy atom. The van der Waals surface area contributed by atoms with Crippen molar-refractivity contribution in [2.45, 2.75) is 6.54 Å². The van der Waals surface area contributed by atoms with E-state index in [4.69, 9.17) is 19.0 Å². The number of carbonyl (C=O) groups is 2. The Morgan fingerprint density at radius 3 is 2.73 bits per heavy atom. The van der Waals surface area contributed by atoms with E-state index < -0.39 is 17.6 Å². The quantitative estimate of drug-likeness (QED) is 0.729. The van der Waals surface area contributed by atoms with Crippen LogP contribution in [-0.4, -0.2) is 28.3 Å². The molecule has 9 heteroatoms. The topological polar surface area (TPSA) is 120 Å². The molecule has 0 unspecified atom stereocenters. The van der Waals surface area contributed by atoms with Crippen molar-refractivity contribution in [1.82, 2.24) is 4.57 Å². The number of benzene rings is 2. The Labute approximate surface area is 145 Å². The van der Waals surface area contributed by atoms with Gasteiger partial charge < -0.3 is 24.3 Å². The summed E-state index contributed by atoms with van der Waals surface area (Å²) in [7, 11) is 0. The predicted molar refractivity (Wildman–Crippen MR) is 88.6 cm³/mol. The fraction of sp³-hybridized carbons (Fsp3) is 0.118. The number of carboxylic acid groups (broad SMARTS) is 1. The first-order valence-corrected chi connectivity index (χ1v) is 7.57. The zero-order valence-electron chi connectivity index (χ0n) is 13.2. The molecule has 0 atom stereocenters. The van der Waals surface area contributed by atoms with Crippen molar-refractivity contribution in [3.63, 3.8) is 0 Å². The highest BCUT2D eigenvalue weighted by Crippen LogP contribution is 2.34. The molecule has 1 aliphatic heterocycles. The summed E-state index contributed by atoms with van der Waals surface area (Å²) in [5.41, 5.74) is 0.920. The summed E-state index contributed by atoms with van der Waals surface area (Å²) in [6.45, 7) is -0.159. The number of aromatic nitrogens is 1. The van der Waals surface area contributed by atoms with Gasteiger partial charge in [-0.25, -0.2) is 9.59 Å². The maximum absolute atomic E-state index is 12.3. The highest BCUT2D eigenvalue weighted by molar-refractivity contribution is 5.93. The minimum Gasteiger partial charge on any atom is -0.478 e. The van der Waals surface area contributed by atoms with Gasteiger partial charge in [-0.2, -0.15) is 0 Å². The molecule has 4 rings (SSSR count). The Bertz CT molecular complexity index is 1100. The molecular weight excluding hydrogens is 344 g/mol. The van der Waals surface area contributed by atoms with Gasteiger partial charge in [0.2, 0.25) is 12.7 Å². The largest absolute Gasteiger partial charge is 0.478 e. The van der Waals surface area contributed by atoms with Crippen LogP contribution in [0.2, 0.25) is 0 Å². The molecule has 0 radical (unpaired) electrons. The van der Waals surface area contributed by atoms with Gasteiger partial charge >= 0.3 is 11.7 Å². The molecule has 132 valence electrons. The number of hydrogen-bond donors (Lipinski definition) is 2. The standard InChI is InChI=1S/C17H12N2O7/c20-15(18-10-2-4-12-14(6-10)25-8-24-12)7-19-11-3-1-9(16(21)22)5-13(11)26-17(19)23/h1-6H,7-8H2,(H,18,20)(H,21,22). The lowest BCUT2D eigenvalue weighted by Crippen LogP contribution is -2.24. The van der Waals surface area contributed by atoms with Crippen molar-refractivity contribution in [3.05, 3.63) is 52.5 Å². The number of hydrogen-bond acceptors (Lipinski definition) is 6. The minimum absolute atomic E-state index is 0.0109. The maximum Gasteiger partial charge on any atom is 0.420 e. The monoisotopic (exact) mass is 356 g/mol. The van der Waals surface area contributed by atoms with Gasteiger partial charge in [-0.1, -0.05) is 0 Å². The minimum atomic E-state index is -1.14. The third kappa shape index (κ3) is 2.75. The molecule has 0 aliphatic carbocycles. The number of rotatable bonds is 4. The normalized spacial score (nSPS) is 12.3. The zero-order valence-corrected chi connectivity index (χ0v) is 13.2. The van der Waals surface area contributed by atoms with Crippen molar-refractivity contribution in [2.24, 2.45) is 0 Å². The number of nitrogens with zero attached hydrogens (tertiary/aromatic N) is 1. The zero-order chi connectivity index (χ0) is 18.3. The molecule has 1 aliphatic rings. The number of nitrogens with one attached hydrogen (secondary N) is 1. The van der Waals surface area contributed by atoms with Gasteiger partial charge in [0.25, 0.3) is 0 Å². The molecular formula is C17H12N2O7. The van der Waals surface area contributed by atoms with E-state index in [0.29, 0.717) is 22.7 Å². The average Bonchev–Trinajstić information content (AvgIpc) is 3.18. The molecule has 0 fully saturated rings. The van der Waals surface area contributed by atoms with Crippen molar-refractivity contribution in [2.75, 3.05) is 12.1 Å². The van der Waals surface area contributed by atoms with Gasteiger partial charge in [-0.15, -0.1) is 0 Å². The predicted octanol–water partition coefficient (Wildman–Crippen LogP) is 1.66. The lowest BCUT2D eigenvalue weighted by Gasteiger charge is -2.06. The molecule has 2 aromatic carbocycles. The van der Waals surface area contributed by atoms with Crippen LogP contribution in [0.4, 0.5) is 5.69 Å². The molecule has 0 saturated heterocycles. The van der Waals surface area contributed by atoms with Crippen molar-refractivity contribution < 1.29 is 28.6 Å². The fourth-order valence-corrected chi connectivity index (χ4v) is 2.67. The number of aromatic carboxylic acids is 1. The Kier molecular flexibility index (Phi) is 3.61. The molecule has 1 aromatic heterocycles. The first-order valence-electron chi connectivity index (χ1n) is 7.57. The highest BCUT2D eigenvalue weighted by atomic mass is 16.7. The number of amides is 1. The van der Waals surface area contributed by atoms with E-state index in [1.54, 1.807) is 18.2 Å². The Balaban J connectivity index is 1.57. The fourth-order valence-electron chi connectivity index (χ4n) is 2.67. The van der Waals surface area contributed by atoms with Crippen LogP contribution >= 0.6 is 0 Å². The van der Waals surface area contributed by atoms with Gasteiger partial charge in [0.1, 0.15) is 6.54 Å². The second-order valence-corrected chi connectivity index (χ2v) is 5.56. The van der Waals surface area contributed by atoms with E-state index in [0.717, 1.165) is 4.57 Å². The molecule has 2 N–H and O–H groups in total. The van der Waals surface area contributed by atoms with Crippen LogP contribution in [0.1, 0.15) is 10.4 Å². The smallest absolute Gasteiger partial charge is 0.420 e. The number of oxazole rings is 1. The van der Waals surface area contributed by atoms with Crippen molar-refractivity contribution in [1.29, 1.82) is 0 Å². The van der Waals surface area contributed by atoms with E-state index in [-0.39, 0.29) is 24.5 Å². The van der Waals surface area contributed by atoms with Crippen LogP contribution in [0.5, 0.6) is 11.5 Å². The Morgan fingerprint density at radius 1 is 1.12 bits per heavy atom. The van der Waals surface area contributed by atoms with Crippen LogP contribution < -0.4 is 20.5 Å². The van der Waals surface area contributed by atoms with Gasteiger partial charge in [0.15, 0.2) is 17.1 Å². The summed E-state index contributed by atoms with van der Waals surface area (Å²) in [6.07, 6.45) is 0. The molecule has 1 amide bonds. The Hall–Kier alpha value is -3.75. The van der Waals surface area contributed by atoms with E-state index in [1.807, 2.05) is 0 Å². The van der Waals surface area contributed by atoms with Gasteiger partial charge in [-0.05, 0) is 30.3 Å². The third-order valence-electron chi connectivity index (χ3n) is 3.87. The summed E-state index contributed by atoms with van der Waals surface area (Å²) >= 11 is 0. The number of fused-ring (bicyclic) bond motifs is 2. The van der Waals surface area contributed by atoms with Gasteiger partial charge in [0.05, 0.1) is 11.1 Å². The second-order valence-electron chi connectivity index (χ2n) is 5.56. The third-order valence-corrected chi connectivity index (χ3v) is 3.87. The van der Waals surface area contributed by atoms with Gasteiger partial charge in [-0.3, -0.25) is 9.36 Å². The molecule has 26 heavy (non-hydrogen) atoms. The summed E-state index contributed by atoms with van der Waals surface area (Å²) in [4.78, 5) is 35.3. The molecule has 9 nitrogen and oxygen atoms in total. The van der Waals surface area contributed by atoms with Crippen molar-refractivity contribution in [3.8, 4) is 11.5 Å². The highest BCUT2D eigenvalue weighted by Gasteiger charge is 2.17. The first kappa shape index (κ1) is 15.8. The second kappa shape index (κ2) is 5.96. The summed E-state index contributed by atoms with van der Waals surface area (Å²) in [5.74, 6) is -1.22. The van der Waals surface area contributed by atoms with Crippen LogP contribution in [0.15, 0.2) is 45.6 Å². The summed E-state index contributed by atoms with van der Waals surface area (Å²) in [6, 6.07) is 8.95. The maximum atomic E-state index is 12.3. The SMILES string of the molecule is O=C(Cn1c(=O)oc2cc(C(=O)O)ccc21)Nc1ccc2c(c1)OCO2. The van der Waals surface area contributed by atoms with E-state index in [1.165, 1.54) is 18.2 Å². The molecule has 0 saturated carbocycles.